The van der Waals surface area contributed by atoms with E-state index in [0.29, 0.717) is 13.0 Å². The third-order valence-corrected chi connectivity index (χ3v) is 1.27. The summed E-state index contributed by atoms with van der Waals surface area (Å²) in [6, 6.07) is 0. The SMILES string of the molecule is [N-]=[N+]=NCCCCC(N)N=[N+]=[N-]. The summed E-state index contributed by atoms with van der Waals surface area (Å²) < 4.78 is 0. The van der Waals surface area contributed by atoms with E-state index in [1.165, 1.54) is 0 Å². The van der Waals surface area contributed by atoms with E-state index in [2.05, 4.69) is 20.1 Å². The van der Waals surface area contributed by atoms with E-state index < -0.39 is 6.17 Å². The zero-order valence-corrected chi connectivity index (χ0v) is 6.67. The normalized spacial score (nSPS) is 11.1. The number of nitrogens with two attached hydrogens (primary N) is 1. The topological polar surface area (TPSA) is 124 Å². The molecule has 0 aliphatic heterocycles. The highest BCUT2D eigenvalue weighted by Gasteiger charge is 1.96. The van der Waals surface area contributed by atoms with Crippen molar-refractivity contribution in [3.8, 4) is 0 Å². The zero-order chi connectivity index (χ0) is 9.23. The number of azide groups is 2. The van der Waals surface area contributed by atoms with Crippen molar-refractivity contribution in [1.29, 1.82) is 0 Å². The van der Waals surface area contributed by atoms with Crippen LogP contribution in [0.1, 0.15) is 19.3 Å². The van der Waals surface area contributed by atoms with Crippen LogP contribution < -0.4 is 5.73 Å². The Labute approximate surface area is 69.8 Å². The van der Waals surface area contributed by atoms with E-state index in [1.807, 2.05) is 0 Å². The average Bonchev–Trinajstić information content (AvgIpc) is 2.05. The molecular weight excluding hydrogens is 158 g/mol. The summed E-state index contributed by atoms with van der Waals surface area (Å²) in [5.41, 5.74) is 21.3. The highest BCUT2D eigenvalue weighted by molar-refractivity contribution is 4.59. The van der Waals surface area contributed by atoms with E-state index in [9.17, 15) is 0 Å². The van der Waals surface area contributed by atoms with Gasteiger partial charge in [-0.25, -0.2) is 0 Å². The molecule has 0 amide bonds. The molecular formula is C5H11N7. The molecule has 0 aliphatic carbocycles. The fourth-order valence-corrected chi connectivity index (χ4v) is 0.705. The largest absolute Gasteiger partial charge is 0.323 e. The quantitative estimate of drug-likeness (QED) is 0.278. The third-order valence-electron chi connectivity index (χ3n) is 1.27. The Hall–Kier alpha value is -1.42. The van der Waals surface area contributed by atoms with Crippen molar-refractivity contribution in [2.24, 2.45) is 16.0 Å². The van der Waals surface area contributed by atoms with E-state index in [1.54, 1.807) is 0 Å². The van der Waals surface area contributed by atoms with Crippen LogP contribution in [0.4, 0.5) is 0 Å². The van der Waals surface area contributed by atoms with Crippen LogP contribution in [0.5, 0.6) is 0 Å². The van der Waals surface area contributed by atoms with Crippen molar-refractivity contribution in [2.75, 3.05) is 6.54 Å². The molecule has 0 rings (SSSR count). The maximum atomic E-state index is 7.99. The lowest BCUT2D eigenvalue weighted by Gasteiger charge is -2.01. The van der Waals surface area contributed by atoms with Gasteiger partial charge in [0, 0.05) is 16.4 Å². The van der Waals surface area contributed by atoms with Gasteiger partial charge in [0.05, 0.1) is 6.17 Å². The van der Waals surface area contributed by atoms with Crippen LogP contribution in [0.25, 0.3) is 20.9 Å². The van der Waals surface area contributed by atoms with Gasteiger partial charge in [-0.05, 0) is 23.9 Å². The first-order valence-electron chi connectivity index (χ1n) is 3.62. The summed E-state index contributed by atoms with van der Waals surface area (Å²) in [6.45, 7) is 0.472. The molecule has 12 heavy (non-hydrogen) atoms. The average molecular weight is 169 g/mol. The minimum atomic E-state index is -0.457. The van der Waals surface area contributed by atoms with Crippen molar-refractivity contribution in [3.63, 3.8) is 0 Å². The number of hydrogen-bond donors (Lipinski definition) is 1. The first-order valence-corrected chi connectivity index (χ1v) is 3.62. The van der Waals surface area contributed by atoms with Crippen molar-refractivity contribution in [1.82, 2.24) is 0 Å². The first-order chi connectivity index (χ1) is 5.81. The van der Waals surface area contributed by atoms with Crippen LogP contribution >= 0.6 is 0 Å². The minimum Gasteiger partial charge on any atom is -0.323 e. The van der Waals surface area contributed by atoms with Crippen molar-refractivity contribution in [3.05, 3.63) is 20.9 Å². The number of hydrogen-bond acceptors (Lipinski definition) is 3. The monoisotopic (exact) mass is 169 g/mol. The Bertz CT molecular complexity index is 200. The first kappa shape index (κ1) is 10.6. The molecule has 0 saturated heterocycles. The molecule has 0 aromatic rings. The van der Waals surface area contributed by atoms with Gasteiger partial charge >= 0.3 is 0 Å². The van der Waals surface area contributed by atoms with Gasteiger partial charge in [-0.3, -0.25) is 0 Å². The molecule has 2 N–H and O–H groups in total. The number of rotatable bonds is 6. The second kappa shape index (κ2) is 7.68. The van der Waals surface area contributed by atoms with Crippen LogP contribution in [0.3, 0.4) is 0 Å². The molecule has 1 atom stereocenters. The van der Waals surface area contributed by atoms with Crippen molar-refractivity contribution >= 4 is 0 Å². The van der Waals surface area contributed by atoms with E-state index in [-0.39, 0.29) is 0 Å². The van der Waals surface area contributed by atoms with E-state index >= 15 is 0 Å². The summed E-state index contributed by atoms with van der Waals surface area (Å²) in [4.78, 5) is 5.17. The highest BCUT2D eigenvalue weighted by Crippen LogP contribution is 2.00. The second-order valence-electron chi connectivity index (χ2n) is 2.22. The molecule has 0 aliphatic rings. The van der Waals surface area contributed by atoms with Gasteiger partial charge < -0.3 is 5.73 Å². The molecule has 0 fully saturated rings. The van der Waals surface area contributed by atoms with Gasteiger partial charge in [-0.15, -0.1) is 0 Å². The van der Waals surface area contributed by atoms with Crippen molar-refractivity contribution < 1.29 is 0 Å². The molecule has 0 spiro atoms. The van der Waals surface area contributed by atoms with E-state index in [0.717, 1.165) is 12.8 Å². The van der Waals surface area contributed by atoms with Crippen LogP contribution in [0, 0.1) is 0 Å². The molecule has 0 radical (unpaired) electrons. The van der Waals surface area contributed by atoms with Gasteiger partial charge in [0.2, 0.25) is 0 Å². The maximum absolute atomic E-state index is 7.99. The Morgan fingerprint density at radius 2 is 2.00 bits per heavy atom. The molecule has 0 saturated carbocycles. The highest BCUT2D eigenvalue weighted by atomic mass is 15.2. The predicted molar refractivity (Wildman–Crippen MR) is 45.0 cm³/mol. The Balaban J connectivity index is 3.30. The Morgan fingerprint density at radius 1 is 1.25 bits per heavy atom. The Kier molecular flexibility index (Phi) is 6.78. The number of unbranched alkanes of at least 4 members (excludes halogenated alkanes) is 1. The molecule has 0 bridgehead atoms. The molecule has 7 nitrogen and oxygen atoms in total. The van der Waals surface area contributed by atoms with Gasteiger partial charge in [-0.2, -0.15) is 0 Å². The van der Waals surface area contributed by atoms with Crippen LogP contribution in [-0.4, -0.2) is 12.7 Å². The van der Waals surface area contributed by atoms with E-state index in [4.69, 9.17) is 16.8 Å². The zero-order valence-electron chi connectivity index (χ0n) is 6.67. The summed E-state index contributed by atoms with van der Waals surface area (Å²) in [5.74, 6) is 0. The molecule has 7 heteroatoms. The van der Waals surface area contributed by atoms with Crippen LogP contribution in [0.15, 0.2) is 10.2 Å². The fraction of sp³-hybridized carbons (Fsp3) is 1.00. The Morgan fingerprint density at radius 3 is 2.58 bits per heavy atom. The molecule has 1 unspecified atom stereocenters. The standard InChI is InChI=1S/C5H11N7/c6-5(10-12-8)3-1-2-4-9-11-7/h5H,1-4,6H2. The predicted octanol–water partition coefficient (Wildman–Crippen LogP) is 2.06. The molecule has 0 aromatic heterocycles. The van der Waals surface area contributed by atoms with Gasteiger partial charge in [0.15, 0.2) is 0 Å². The number of nitrogens with zero attached hydrogens (tertiary/aromatic N) is 6. The van der Waals surface area contributed by atoms with Gasteiger partial charge in [0.1, 0.15) is 0 Å². The van der Waals surface area contributed by atoms with Crippen molar-refractivity contribution in [2.45, 2.75) is 25.4 Å². The van der Waals surface area contributed by atoms with Crippen LogP contribution in [-0.2, 0) is 0 Å². The lowest BCUT2D eigenvalue weighted by atomic mass is 10.2. The summed E-state index contributed by atoms with van der Waals surface area (Å²) in [6.07, 6.45) is 1.75. The maximum Gasteiger partial charge on any atom is 0.0836 e. The summed E-state index contributed by atoms with van der Waals surface area (Å²) in [5, 5.41) is 6.65. The minimum absolute atomic E-state index is 0.457. The lowest BCUT2D eigenvalue weighted by Crippen LogP contribution is -2.15. The van der Waals surface area contributed by atoms with Gasteiger partial charge in [-0.1, -0.05) is 16.6 Å². The smallest absolute Gasteiger partial charge is 0.0836 e. The van der Waals surface area contributed by atoms with Gasteiger partial charge in [0.25, 0.3) is 0 Å². The van der Waals surface area contributed by atoms with Crippen LogP contribution in [0.2, 0.25) is 0 Å². The summed E-state index contributed by atoms with van der Waals surface area (Å²) >= 11 is 0. The molecule has 66 valence electrons. The third kappa shape index (κ3) is 6.70. The molecule has 0 aromatic carbocycles. The lowest BCUT2D eigenvalue weighted by molar-refractivity contribution is 0.581. The second-order valence-corrected chi connectivity index (χ2v) is 2.22. The summed E-state index contributed by atoms with van der Waals surface area (Å²) in [7, 11) is 0. The molecule has 0 heterocycles. The fourth-order valence-electron chi connectivity index (χ4n) is 0.705.